The molecule has 1 aromatic rings. The second-order valence-corrected chi connectivity index (χ2v) is 4.05. The molecular formula is C12H15FN2O2. The van der Waals surface area contributed by atoms with Crippen LogP contribution >= 0.6 is 0 Å². The van der Waals surface area contributed by atoms with Gasteiger partial charge in [0.05, 0.1) is 12.3 Å². The van der Waals surface area contributed by atoms with Gasteiger partial charge in [-0.3, -0.25) is 4.79 Å². The highest BCUT2D eigenvalue weighted by atomic mass is 19.1. The van der Waals surface area contributed by atoms with Gasteiger partial charge in [-0.2, -0.15) is 0 Å². The summed E-state index contributed by atoms with van der Waals surface area (Å²) in [6.45, 7) is 0.617. The van der Waals surface area contributed by atoms with Gasteiger partial charge < -0.3 is 15.4 Å². The van der Waals surface area contributed by atoms with Crippen LogP contribution in [-0.4, -0.2) is 32.2 Å². The maximum absolute atomic E-state index is 13.7. The van der Waals surface area contributed by atoms with E-state index in [1.54, 1.807) is 6.07 Å². The Hall–Kier alpha value is -1.46. The van der Waals surface area contributed by atoms with Crippen molar-refractivity contribution in [2.24, 2.45) is 5.73 Å². The van der Waals surface area contributed by atoms with E-state index in [9.17, 15) is 9.18 Å². The number of carbonyl (C=O) groups excluding carboxylic acids is 1. The number of rotatable bonds is 3. The molecule has 1 aliphatic heterocycles. The first-order valence-electron chi connectivity index (χ1n) is 5.48. The van der Waals surface area contributed by atoms with E-state index in [4.69, 9.17) is 10.5 Å². The second-order valence-electron chi connectivity index (χ2n) is 4.05. The Labute approximate surface area is 99.2 Å². The van der Waals surface area contributed by atoms with E-state index >= 15 is 0 Å². The Morgan fingerprint density at radius 2 is 2.41 bits per heavy atom. The number of benzene rings is 1. The summed E-state index contributed by atoms with van der Waals surface area (Å²) in [6.07, 6.45) is 0.665. The van der Waals surface area contributed by atoms with Crippen LogP contribution in [-0.2, 0) is 16.0 Å². The van der Waals surface area contributed by atoms with Crippen molar-refractivity contribution in [2.75, 3.05) is 25.2 Å². The lowest BCUT2D eigenvalue weighted by atomic mass is 10.1. The normalized spacial score (nSPS) is 15.8. The number of fused-ring (bicyclic) bond motifs is 1. The minimum Gasteiger partial charge on any atom is -0.383 e. The lowest BCUT2D eigenvalue weighted by Gasteiger charge is -2.21. The SMILES string of the molecule is COCC(N)C(=O)N1CCc2cccc(F)c21. The maximum atomic E-state index is 13.7. The molecule has 1 atom stereocenters. The molecule has 1 unspecified atom stereocenters. The minimum absolute atomic E-state index is 0.138. The number of amides is 1. The topological polar surface area (TPSA) is 55.6 Å². The molecule has 0 bridgehead atoms. The molecule has 0 radical (unpaired) electrons. The highest BCUT2D eigenvalue weighted by molar-refractivity contribution is 5.99. The zero-order valence-electron chi connectivity index (χ0n) is 9.65. The fourth-order valence-electron chi connectivity index (χ4n) is 2.08. The van der Waals surface area contributed by atoms with Crippen molar-refractivity contribution in [3.8, 4) is 0 Å². The molecule has 1 amide bonds. The van der Waals surface area contributed by atoms with Crippen molar-refractivity contribution in [3.63, 3.8) is 0 Å². The number of hydrogen-bond acceptors (Lipinski definition) is 3. The zero-order chi connectivity index (χ0) is 12.4. The molecule has 0 spiro atoms. The van der Waals surface area contributed by atoms with E-state index in [2.05, 4.69) is 0 Å². The molecule has 1 aromatic carbocycles. The van der Waals surface area contributed by atoms with Crippen molar-refractivity contribution in [2.45, 2.75) is 12.5 Å². The lowest BCUT2D eigenvalue weighted by Crippen LogP contribution is -2.45. The van der Waals surface area contributed by atoms with Crippen LogP contribution < -0.4 is 10.6 Å². The summed E-state index contributed by atoms with van der Waals surface area (Å²) < 4.78 is 18.5. The summed E-state index contributed by atoms with van der Waals surface area (Å²) in [5.74, 6) is -0.673. The first kappa shape index (κ1) is 12.0. The number of anilines is 1. The Kier molecular flexibility index (Phi) is 3.40. The van der Waals surface area contributed by atoms with E-state index in [1.807, 2.05) is 6.07 Å². The average Bonchev–Trinajstić information content (AvgIpc) is 2.73. The van der Waals surface area contributed by atoms with Gasteiger partial charge in [-0.1, -0.05) is 12.1 Å². The van der Waals surface area contributed by atoms with E-state index < -0.39 is 6.04 Å². The molecule has 17 heavy (non-hydrogen) atoms. The Morgan fingerprint density at radius 3 is 3.12 bits per heavy atom. The molecule has 0 saturated heterocycles. The molecule has 4 nitrogen and oxygen atoms in total. The number of ether oxygens (including phenoxy) is 1. The van der Waals surface area contributed by atoms with Crippen LogP contribution in [0, 0.1) is 5.82 Å². The van der Waals surface area contributed by atoms with E-state index in [0.717, 1.165) is 5.56 Å². The van der Waals surface area contributed by atoms with Crippen molar-refractivity contribution < 1.29 is 13.9 Å². The monoisotopic (exact) mass is 238 g/mol. The molecule has 0 aliphatic carbocycles. The summed E-state index contributed by atoms with van der Waals surface area (Å²) in [5.41, 5.74) is 6.89. The summed E-state index contributed by atoms with van der Waals surface area (Å²) in [4.78, 5) is 13.4. The number of para-hydroxylation sites is 1. The van der Waals surface area contributed by atoms with Crippen LogP contribution in [0.4, 0.5) is 10.1 Å². The van der Waals surface area contributed by atoms with Gasteiger partial charge in [-0.25, -0.2) is 4.39 Å². The van der Waals surface area contributed by atoms with Gasteiger partial charge in [0.1, 0.15) is 11.9 Å². The molecule has 2 N–H and O–H groups in total. The number of nitrogens with two attached hydrogens (primary N) is 1. The highest BCUT2D eigenvalue weighted by Crippen LogP contribution is 2.30. The standard InChI is InChI=1S/C12H15FN2O2/c1-17-7-10(14)12(16)15-6-5-8-3-2-4-9(13)11(8)15/h2-4,10H,5-7,14H2,1H3. The molecule has 92 valence electrons. The molecule has 0 saturated carbocycles. The van der Waals surface area contributed by atoms with Crippen molar-refractivity contribution in [3.05, 3.63) is 29.6 Å². The van der Waals surface area contributed by atoms with Crippen LogP contribution in [0.5, 0.6) is 0 Å². The first-order chi connectivity index (χ1) is 8.15. The molecule has 1 heterocycles. The number of carbonyl (C=O) groups is 1. The van der Waals surface area contributed by atoms with Gasteiger partial charge in [-0.05, 0) is 18.1 Å². The third-order valence-corrected chi connectivity index (χ3v) is 2.87. The Balaban J connectivity index is 2.24. The van der Waals surface area contributed by atoms with Crippen molar-refractivity contribution in [1.29, 1.82) is 0 Å². The van der Waals surface area contributed by atoms with E-state index in [0.29, 0.717) is 18.7 Å². The van der Waals surface area contributed by atoms with Crippen LogP contribution in [0.1, 0.15) is 5.56 Å². The predicted molar refractivity (Wildman–Crippen MR) is 62.3 cm³/mol. The third kappa shape index (κ3) is 2.16. The zero-order valence-corrected chi connectivity index (χ0v) is 9.65. The fourth-order valence-corrected chi connectivity index (χ4v) is 2.08. The van der Waals surface area contributed by atoms with Crippen LogP contribution in [0.25, 0.3) is 0 Å². The molecular weight excluding hydrogens is 223 g/mol. The van der Waals surface area contributed by atoms with Crippen LogP contribution in [0.2, 0.25) is 0 Å². The summed E-state index contributed by atoms with van der Waals surface area (Å²) >= 11 is 0. The summed E-state index contributed by atoms with van der Waals surface area (Å²) in [7, 11) is 1.48. The van der Waals surface area contributed by atoms with Gasteiger partial charge in [0, 0.05) is 13.7 Å². The summed E-state index contributed by atoms with van der Waals surface area (Å²) in [5, 5.41) is 0. The molecule has 2 rings (SSSR count). The highest BCUT2D eigenvalue weighted by Gasteiger charge is 2.30. The van der Waals surface area contributed by atoms with Crippen molar-refractivity contribution in [1.82, 2.24) is 0 Å². The van der Waals surface area contributed by atoms with Gasteiger partial charge in [0.15, 0.2) is 0 Å². The molecule has 0 fully saturated rings. The van der Waals surface area contributed by atoms with Crippen LogP contribution in [0.3, 0.4) is 0 Å². The number of nitrogens with zero attached hydrogens (tertiary/aromatic N) is 1. The van der Waals surface area contributed by atoms with Crippen molar-refractivity contribution >= 4 is 11.6 Å². The number of methoxy groups -OCH3 is 1. The van der Waals surface area contributed by atoms with E-state index in [1.165, 1.54) is 18.1 Å². The predicted octanol–water partition coefficient (Wildman–Crippen LogP) is 0.689. The summed E-state index contributed by atoms with van der Waals surface area (Å²) in [6, 6.07) is 4.09. The smallest absolute Gasteiger partial charge is 0.246 e. The number of hydrogen-bond donors (Lipinski definition) is 1. The first-order valence-corrected chi connectivity index (χ1v) is 5.48. The third-order valence-electron chi connectivity index (χ3n) is 2.87. The minimum atomic E-state index is -0.745. The van der Waals surface area contributed by atoms with E-state index in [-0.39, 0.29) is 18.3 Å². The van der Waals surface area contributed by atoms with Gasteiger partial charge in [0.25, 0.3) is 0 Å². The second kappa shape index (κ2) is 4.81. The van der Waals surface area contributed by atoms with Gasteiger partial charge in [0.2, 0.25) is 5.91 Å². The Morgan fingerprint density at radius 1 is 1.65 bits per heavy atom. The average molecular weight is 238 g/mol. The Bertz CT molecular complexity index is 437. The van der Waals surface area contributed by atoms with Crippen LogP contribution in [0.15, 0.2) is 18.2 Å². The lowest BCUT2D eigenvalue weighted by molar-refractivity contribution is -0.120. The van der Waals surface area contributed by atoms with Gasteiger partial charge >= 0.3 is 0 Å². The molecule has 5 heteroatoms. The van der Waals surface area contributed by atoms with Gasteiger partial charge in [-0.15, -0.1) is 0 Å². The largest absolute Gasteiger partial charge is 0.383 e. The maximum Gasteiger partial charge on any atom is 0.246 e. The molecule has 1 aliphatic rings. The fraction of sp³-hybridized carbons (Fsp3) is 0.417. The number of halogens is 1. The molecule has 0 aromatic heterocycles. The quantitative estimate of drug-likeness (QED) is 0.842.